The second-order valence-electron chi connectivity index (χ2n) is 5.70. The van der Waals surface area contributed by atoms with E-state index in [2.05, 4.69) is 9.72 Å². The molecule has 1 aliphatic heterocycles. The summed E-state index contributed by atoms with van der Waals surface area (Å²) in [4.78, 5) is 15.5. The van der Waals surface area contributed by atoms with Crippen molar-refractivity contribution >= 4 is 5.91 Å². The van der Waals surface area contributed by atoms with Gasteiger partial charge in [-0.15, -0.1) is 0 Å². The number of fused-ring (bicyclic) bond motifs is 1. The minimum Gasteiger partial charge on any atom is -0.472 e. The lowest BCUT2D eigenvalue weighted by Crippen LogP contribution is -2.30. The quantitative estimate of drug-likeness (QED) is 0.821. The fourth-order valence-electron chi connectivity index (χ4n) is 2.78. The lowest BCUT2D eigenvalue weighted by Gasteiger charge is -2.27. The van der Waals surface area contributed by atoms with E-state index < -0.39 is 30.3 Å². The second-order valence-corrected chi connectivity index (χ2v) is 5.70. The molecule has 1 amide bonds. The first-order valence-electron chi connectivity index (χ1n) is 7.70. The van der Waals surface area contributed by atoms with Gasteiger partial charge in [-0.1, -0.05) is 0 Å². The lowest BCUT2D eigenvalue weighted by atomic mass is 9.94. The fourth-order valence-corrected chi connectivity index (χ4v) is 2.78. The Labute approximate surface area is 145 Å². The molecule has 1 aromatic heterocycles. The maximum absolute atomic E-state index is 14.2. The highest BCUT2D eigenvalue weighted by molar-refractivity contribution is 5.93. The standard InChI is InChI=1S/C17H14F4N2O3/c18-8-1-3-10(13(19)5-8)12-6-14(15(22)24)23-16-11(12)4-2-9(26-16)7-25-17(20)21/h1,3,5-6,9,17H,2,4,7H2,(H2,22,24)/t9-/m0/s1. The topological polar surface area (TPSA) is 74.4 Å². The molecule has 0 radical (unpaired) electrons. The van der Waals surface area contributed by atoms with Gasteiger partial charge in [0.05, 0.1) is 6.61 Å². The molecule has 26 heavy (non-hydrogen) atoms. The van der Waals surface area contributed by atoms with Crippen molar-refractivity contribution in [3.05, 3.63) is 47.2 Å². The van der Waals surface area contributed by atoms with Gasteiger partial charge in [0.1, 0.15) is 23.4 Å². The van der Waals surface area contributed by atoms with Crippen LogP contribution in [0, 0.1) is 11.6 Å². The van der Waals surface area contributed by atoms with Gasteiger partial charge in [-0.2, -0.15) is 8.78 Å². The highest BCUT2D eigenvalue weighted by Crippen LogP contribution is 2.36. The third-order valence-electron chi connectivity index (χ3n) is 3.96. The second kappa shape index (κ2) is 7.28. The van der Waals surface area contributed by atoms with Crippen LogP contribution < -0.4 is 10.5 Å². The molecule has 2 aromatic rings. The third-order valence-corrected chi connectivity index (χ3v) is 3.96. The maximum Gasteiger partial charge on any atom is 0.345 e. The summed E-state index contributed by atoms with van der Waals surface area (Å²) in [5, 5.41) is 0. The smallest absolute Gasteiger partial charge is 0.345 e. The van der Waals surface area contributed by atoms with Gasteiger partial charge in [0, 0.05) is 17.2 Å². The zero-order chi connectivity index (χ0) is 18.8. The monoisotopic (exact) mass is 370 g/mol. The number of carbonyl (C=O) groups excluding carboxylic acids is 1. The van der Waals surface area contributed by atoms with Crippen molar-refractivity contribution in [2.24, 2.45) is 5.73 Å². The van der Waals surface area contributed by atoms with Crippen LogP contribution in [0.15, 0.2) is 24.3 Å². The Balaban J connectivity index is 2.02. The van der Waals surface area contributed by atoms with E-state index in [-0.39, 0.29) is 29.3 Å². The summed E-state index contributed by atoms with van der Waals surface area (Å²) in [6, 6.07) is 4.33. The van der Waals surface area contributed by atoms with Crippen LogP contribution in [0.25, 0.3) is 11.1 Å². The number of hydrogen-bond donors (Lipinski definition) is 1. The third kappa shape index (κ3) is 3.77. The molecular weight excluding hydrogens is 356 g/mol. The van der Waals surface area contributed by atoms with Gasteiger partial charge in [0.2, 0.25) is 5.88 Å². The Hall–Kier alpha value is -2.68. The number of halogens is 4. The fraction of sp³-hybridized carbons (Fsp3) is 0.294. The van der Waals surface area contributed by atoms with Crippen LogP contribution in [0.4, 0.5) is 17.6 Å². The van der Waals surface area contributed by atoms with Crippen LogP contribution in [0.3, 0.4) is 0 Å². The normalized spacial score (nSPS) is 16.3. The number of carbonyl (C=O) groups is 1. The molecule has 0 saturated heterocycles. The summed E-state index contributed by atoms with van der Waals surface area (Å²) in [5.74, 6) is -2.44. The first-order valence-corrected chi connectivity index (χ1v) is 7.70. The largest absolute Gasteiger partial charge is 0.472 e. The van der Waals surface area contributed by atoms with Crippen molar-refractivity contribution < 1.29 is 31.8 Å². The van der Waals surface area contributed by atoms with E-state index >= 15 is 0 Å². The summed E-state index contributed by atoms with van der Waals surface area (Å²) in [7, 11) is 0. The molecule has 2 N–H and O–H groups in total. The van der Waals surface area contributed by atoms with Crippen LogP contribution >= 0.6 is 0 Å². The van der Waals surface area contributed by atoms with E-state index in [0.29, 0.717) is 18.4 Å². The van der Waals surface area contributed by atoms with E-state index in [1.807, 2.05) is 0 Å². The summed E-state index contributed by atoms with van der Waals surface area (Å²) < 4.78 is 61.5. The number of amides is 1. The van der Waals surface area contributed by atoms with E-state index in [4.69, 9.17) is 10.5 Å². The van der Waals surface area contributed by atoms with E-state index in [1.165, 1.54) is 12.1 Å². The number of pyridine rings is 1. The molecular formula is C17H14F4N2O3. The van der Waals surface area contributed by atoms with Gasteiger partial charge < -0.3 is 15.2 Å². The molecule has 0 bridgehead atoms. The predicted octanol–water partition coefficient (Wildman–Crippen LogP) is 3.06. The number of primary amides is 1. The van der Waals surface area contributed by atoms with Crippen molar-refractivity contribution in [3.63, 3.8) is 0 Å². The van der Waals surface area contributed by atoms with Crippen molar-refractivity contribution in [2.45, 2.75) is 25.6 Å². The first kappa shape index (κ1) is 18.1. The van der Waals surface area contributed by atoms with E-state index in [1.54, 1.807) is 0 Å². The molecule has 2 heterocycles. The van der Waals surface area contributed by atoms with Crippen molar-refractivity contribution in [3.8, 4) is 17.0 Å². The summed E-state index contributed by atoms with van der Waals surface area (Å²) in [6.45, 7) is -3.30. The van der Waals surface area contributed by atoms with E-state index in [0.717, 1.165) is 12.1 Å². The van der Waals surface area contributed by atoms with Gasteiger partial charge in [-0.3, -0.25) is 4.79 Å². The molecule has 9 heteroatoms. The first-order chi connectivity index (χ1) is 12.3. The van der Waals surface area contributed by atoms with Gasteiger partial charge in [-0.25, -0.2) is 13.8 Å². The molecule has 0 spiro atoms. The highest BCUT2D eigenvalue weighted by Gasteiger charge is 2.27. The van der Waals surface area contributed by atoms with E-state index in [9.17, 15) is 22.4 Å². The molecule has 1 aromatic carbocycles. The average molecular weight is 370 g/mol. The van der Waals surface area contributed by atoms with Crippen LogP contribution in [-0.2, 0) is 11.2 Å². The van der Waals surface area contributed by atoms with Crippen molar-refractivity contribution in [2.75, 3.05) is 6.61 Å². The Morgan fingerprint density at radius 1 is 1.31 bits per heavy atom. The predicted molar refractivity (Wildman–Crippen MR) is 82.8 cm³/mol. The molecule has 0 unspecified atom stereocenters. The SMILES string of the molecule is NC(=O)c1cc(-c2ccc(F)cc2F)c2c(n1)O[C@H](COC(F)F)CC2. The Morgan fingerprint density at radius 2 is 2.08 bits per heavy atom. The minimum atomic E-state index is -2.94. The zero-order valence-electron chi connectivity index (χ0n) is 13.3. The van der Waals surface area contributed by atoms with Crippen LogP contribution in [0.1, 0.15) is 22.5 Å². The number of rotatable bonds is 5. The average Bonchev–Trinajstić information content (AvgIpc) is 2.58. The maximum atomic E-state index is 14.2. The number of alkyl halides is 2. The van der Waals surface area contributed by atoms with Crippen LogP contribution in [-0.4, -0.2) is 30.2 Å². The van der Waals surface area contributed by atoms with Gasteiger partial charge >= 0.3 is 6.61 Å². The summed E-state index contributed by atoms with van der Waals surface area (Å²) in [6.07, 6.45) is -0.0455. The summed E-state index contributed by atoms with van der Waals surface area (Å²) in [5.41, 5.74) is 5.89. The molecule has 1 atom stereocenters. The summed E-state index contributed by atoms with van der Waals surface area (Å²) >= 11 is 0. The highest BCUT2D eigenvalue weighted by atomic mass is 19.3. The van der Waals surface area contributed by atoms with Crippen molar-refractivity contribution in [1.82, 2.24) is 4.98 Å². The van der Waals surface area contributed by atoms with Gasteiger partial charge in [0.15, 0.2) is 0 Å². The van der Waals surface area contributed by atoms with Gasteiger partial charge in [-0.05, 0) is 36.6 Å². The van der Waals surface area contributed by atoms with Crippen LogP contribution in [0.5, 0.6) is 5.88 Å². The zero-order valence-corrected chi connectivity index (χ0v) is 13.3. The Kier molecular flexibility index (Phi) is 5.08. The Bertz CT molecular complexity index is 845. The number of aromatic nitrogens is 1. The van der Waals surface area contributed by atoms with Gasteiger partial charge in [0.25, 0.3) is 5.91 Å². The number of hydrogen-bond acceptors (Lipinski definition) is 4. The molecule has 1 aliphatic rings. The molecule has 138 valence electrons. The molecule has 3 rings (SSSR count). The molecule has 0 fully saturated rings. The van der Waals surface area contributed by atoms with Crippen LogP contribution in [0.2, 0.25) is 0 Å². The Morgan fingerprint density at radius 3 is 2.73 bits per heavy atom. The molecule has 5 nitrogen and oxygen atoms in total. The number of nitrogens with two attached hydrogens (primary N) is 1. The number of nitrogens with zero attached hydrogens (tertiary/aromatic N) is 1. The minimum absolute atomic E-state index is 0.00542. The molecule has 0 aliphatic carbocycles. The number of benzene rings is 1. The van der Waals surface area contributed by atoms with Crippen molar-refractivity contribution in [1.29, 1.82) is 0 Å². The number of ether oxygens (including phenoxy) is 2. The molecule has 0 saturated carbocycles. The lowest BCUT2D eigenvalue weighted by molar-refractivity contribution is -0.146.